The van der Waals surface area contributed by atoms with Gasteiger partial charge in [-0.15, -0.1) is 11.3 Å². The van der Waals surface area contributed by atoms with Crippen molar-refractivity contribution in [3.8, 4) is 18.2 Å². The van der Waals surface area contributed by atoms with Crippen LogP contribution in [0, 0.1) is 40.9 Å². The summed E-state index contributed by atoms with van der Waals surface area (Å²) in [4.78, 5) is 1.97. The average Bonchev–Trinajstić information content (AvgIpc) is 2.73. The second-order valence-electron chi connectivity index (χ2n) is 3.13. The molecular weight excluding hydrogens is 232 g/mol. The van der Waals surface area contributed by atoms with E-state index in [0.29, 0.717) is 0 Å². The van der Waals surface area contributed by atoms with Gasteiger partial charge in [-0.2, -0.15) is 15.8 Å². The summed E-state index contributed by atoms with van der Waals surface area (Å²) in [6.07, 6.45) is 1.57. The Kier molecular flexibility index (Phi) is 4.06. The van der Waals surface area contributed by atoms with E-state index < -0.39 is 0 Å². The Morgan fingerprint density at radius 2 is 1.88 bits per heavy atom. The van der Waals surface area contributed by atoms with Gasteiger partial charge < -0.3 is 5.73 Å². The highest BCUT2D eigenvalue weighted by Gasteiger charge is 2.08. The van der Waals surface area contributed by atoms with Crippen molar-refractivity contribution in [1.29, 1.82) is 15.8 Å². The third-order valence-corrected chi connectivity index (χ3v) is 2.90. The van der Waals surface area contributed by atoms with E-state index in [0.717, 1.165) is 9.75 Å². The second kappa shape index (κ2) is 5.51. The van der Waals surface area contributed by atoms with Crippen molar-refractivity contribution in [3.05, 3.63) is 38.7 Å². The van der Waals surface area contributed by atoms with Gasteiger partial charge in [-0.3, -0.25) is 0 Å². The normalized spacial score (nSPS) is 9.88. The molecule has 0 aromatic carbocycles. The van der Waals surface area contributed by atoms with Gasteiger partial charge in [0.2, 0.25) is 0 Å². The number of nitriles is 3. The molecule has 0 atom stereocenters. The van der Waals surface area contributed by atoms with Crippen molar-refractivity contribution in [2.24, 2.45) is 5.73 Å². The molecule has 0 amide bonds. The van der Waals surface area contributed by atoms with Crippen LogP contribution in [-0.4, -0.2) is 0 Å². The van der Waals surface area contributed by atoms with Crippen LogP contribution < -0.4 is 5.73 Å². The van der Waals surface area contributed by atoms with E-state index >= 15 is 0 Å². The van der Waals surface area contributed by atoms with Crippen molar-refractivity contribution in [2.75, 3.05) is 0 Å². The fourth-order valence-electron chi connectivity index (χ4n) is 1.12. The molecule has 82 valence electrons. The molecule has 17 heavy (non-hydrogen) atoms. The maximum atomic E-state index is 8.96. The highest BCUT2D eigenvalue weighted by molar-refractivity contribution is 7.12. The minimum Gasteiger partial charge on any atom is -0.396 e. The molecule has 0 spiro atoms. The van der Waals surface area contributed by atoms with Gasteiger partial charge in [-0.25, -0.2) is 0 Å². The molecule has 1 aromatic heterocycles. The van der Waals surface area contributed by atoms with Crippen molar-refractivity contribution in [1.82, 2.24) is 0 Å². The number of thiophene rings is 1. The molecule has 2 N–H and O–H groups in total. The zero-order chi connectivity index (χ0) is 12.8. The maximum Gasteiger partial charge on any atom is 0.153 e. The summed E-state index contributed by atoms with van der Waals surface area (Å²) in [5.74, 6) is 0. The number of nitrogens with two attached hydrogens (primary N) is 1. The lowest BCUT2D eigenvalue weighted by Gasteiger charge is -1.97. The third-order valence-electron chi connectivity index (χ3n) is 1.95. The van der Waals surface area contributed by atoms with Gasteiger partial charge >= 0.3 is 0 Å². The van der Waals surface area contributed by atoms with Crippen molar-refractivity contribution in [3.63, 3.8) is 0 Å². The van der Waals surface area contributed by atoms with Crippen LogP contribution in [0.5, 0.6) is 0 Å². The van der Waals surface area contributed by atoms with E-state index in [2.05, 4.69) is 0 Å². The van der Waals surface area contributed by atoms with Gasteiger partial charge in [0.25, 0.3) is 0 Å². The number of hydrogen-bond donors (Lipinski definition) is 1. The van der Waals surface area contributed by atoms with Crippen LogP contribution in [0.15, 0.2) is 29.0 Å². The molecule has 0 radical (unpaired) electrons. The van der Waals surface area contributed by atoms with Crippen LogP contribution >= 0.6 is 11.3 Å². The molecule has 4 nitrogen and oxygen atoms in total. The lowest BCUT2D eigenvalue weighted by atomic mass is 10.1. The molecule has 0 unspecified atom stereocenters. The fraction of sp³-hybridized carbons (Fsp3) is 0.0833. The van der Waals surface area contributed by atoms with Gasteiger partial charge in [0.1, 0.15) is 18.2 Å². The Morgan fingerprint density at radius 1 is 1.24 bits per heavy atom. The zero-order valence-electron chi connectivity index (χ0n) is 9.06. The van der Waals surface area contributed by atoms with Crippen LogP contribution in [0.4, 0.5) is 0 Å². The Hall–Kier alpha value is -2.55. The topological polar surface area (TPSA) is 97.4 Å². The fourth-order valence-corrected chi connectivity index (χ4v) is 1.94. The molecule has 0 fully saturated rings. The largest absolute Gasteiger partial charge is 0.396 e. The molecule has 0 saturated carbocycles. The van der Waals surface area contributed by atoms with Crippen LogP contribution in [0.2, 0.25) is 0 Å². The molecular formula is C12H8N4S. The first kappa shape index (κ1) is 12.5. The average molecular weight is 240 g/mol. The lowest BCUT2D eigenvalue weighted by Crippen LogP contribution is -2.03. The summed E-state index contributed by atoms with van der Waals surface area (Å²) in [7, 11) is 0. The van der Waals surface area contributed by atoms with Crippen LogP contribution in [0.3, 0.4) is 0 Å². The monoisotopic (exact) mass is 240 g/mol. The van der Waals surface area contributed by atoms with Crippen molar-refractivity contribution in [2.45, 2.75) is 6.92 Å². The summed E-state index contributed by atoms with van der Waals surface area (Å²) in [5.41, 5.74) is 5.40. The quantitative estimate of drug-likeness (QED) is 0.633. The Balaban J connectivity index is 3.24. The minimum absolute atomic E-state index is 0.0800. The lowest BCUT2D eigenvalue weighted by molar-refractivity contribution is 1.31. The Morgan fingerprint density at radius 3 is 2.29 bits per heavy atom. The highest BCUT2D eigenvalue weighted by atomic mass is 32.1. The van der Waals surface area contributed by atoms with Crippen LogP contribution in [-0.2, 0) is 0 Å². The molecule has 5 heteroatoms. The van der Waals surface area contributed by atoms with E-state index in [4.69, 9.17) is 21.5 Å². The summed E-state index contributed by atoms with van der Waals surface area (Å²) >= 11 is 1.50. The van der Waals surface area contributed by atoms with Gasteiger partial charge in [0.15, 0.2) is 5.57 Å². The molecule has 0 bridgehead atoms. The zero-order valence-corrected chi connectivity index (χ0v) is 9.88. The molecule has 0 aliphatic heterocycles. The summed E-state index contributed by atoms with van der Waals surface area (Å²) in [6, 6.07) is 8.98. The van der Waals surface area contributed by atoms with Crippen LogP contribution in [0.1, 0.15) is 9.75 Å². The van der Waals surface area contributed by atoms with Gasteiger partial charge in [0.05, 0.1) is 11.3 Å². The van der Waals surface area contributed by atoms with Gasteiger partial charge in [-0.1, -0.05) is 0 Å². The molecule has 1 rings (SSSR count). The molecule has 0 aliphatic carbocycles. The van der Waals surface area contributed by atoms with Gasteiger partial charge in [-0.05, 0) is 25.1 Å². The standard InChI is InChI=1S/C12H8N4S/c1-8-2-3-11(17-8)4-9(5-13)12(16)10(6-14)7-15/h2-4H,16H2,1H3. The number of allylic oxidation sites excluding steroid dienone is 2. The molecule has 0 aliphatic rings. The van der Waals surface area contributed by atoms with Crippen molar-refractivity contribution >= 4 is 17.4 Å². The number of rotatable bonds is 2. The van der Waals surface area contributed by atoms with E-state index in [-0.39, 0.29) is 16.8 Å². The predicted octanol–water partition coefficient (Wildman–Crippen LogP) is 2.22. The first-order valence-corrected chi connectivity index (χ1v) is 5.42. The van der Waals surface area contributed by atoms with E-state index in [1.54, 1.807) is 18.2 Å². The first-order chi connectivity index (χ1) is 8.12. The summed E-state index contributed by atoms with van der Waals surface area (Å²) < 4.78 is 0. The second-order valence-corrected chi connectivity index (χ2v) is 4.45. The Bertz CT molecular complexity index is 598. The Labute approximate surface area is 103 Å². The molecule has 1 heterocycles. The number of nitrogens with zero attached hydrogens (tertiary/aromatic N) is 3. The number of hydrogen-bond acceptors (Lipinski definition) is 5. The van der Waals surface area contributed by atoms with E-state index in [9.17, 15) is 0 Å². The SMILES string of the molecule is Cc1ccc(C=C(C#N)C(N)=C(C#N)C#N)s1. The first-order valence-electron chi connectivity index (χ1n) is 4.61. The molecule has 0 saturated heterocycles. The summed E-state index contributed by atoms with van der Waals surface area (Å²) in [5, 5.41) is 26.3. The maximum absolute atomic E-state index is 8.96. The summed E-state index contributed by atoms with van der Waals surface area (Å²) in [6.45, 7) is 1.95. The minimum atomic E-state index is -0.244. The van der Waals surface area contributed by atoms with E-state index in [1.807, 2.05) is 25.1 Å². The van der Waals surface area contributed by atoms with E-state index in [1.165, 1.54) is 11.3 Å². The van der Waals surface area contributed by atoms with Gasteiger partial charge in [0, 0.05) is 9.75 Å². The highest BCUT2D eigenvalue weighted by Crippen LogP contribution is 2.20. The number of aryl methyl sites for hydroxylation is 1. The van der Waals surface area contributed by atoms with Crippen LogP contribution in [0.25, 0.3) is 6.08 Å². The van der Waals surface area contributed by atoms with Crippen molar-refractivity contribution < 1.29 is 0 Å². The third kappa shape index (κ3) is 2.95. The smallest absolute Gasteiger partial charge is 0.153 e. The predicted molar refractivity (Wildman–Crippen MR) is 65.1 cm³/mol. The molecule has 1 aromatic rings.